The van der Waals surface area contributed by atoms with Gasteiger partial charge in [-0.2, -0.15) is 0 Å². The maximum absolute atomic E-state index is 11.8. The Labute approximate surface area is 90.6 Å². The SMILES string of the molecule is CC1CCOC1C(=O)c1ccc(Br)o1. The van der Waals surface area contributed by atoms with Gasteiger partial charge >= 0.3 is 0 Å². The third kappa shape index (κ3) is 1.77. The monoisotopic (exact) mass is 258 g/mol. The molecule has 3 nitrogen and oxygen atoms in total. The quantitative estimate of drug-likeness (QED) is 0.766. The van der Waals surface area contributed by atoms with Gasteiger partial charge in [0.05, 0.1) is 0 Å². The van der Waals surface area contributed by atoms with Crippen molar-refractivity contribution in [3.8, 4) is 0 Å². The number of rotatable bonds is 2. The molecule has 14 heavy (non-hydrogen) atoms. The molecule has 0 aliphatic carbocycles. The number of ketones is 1. The molecule has 2 rings (SSSR count). The zero-order valence-electron chi connectivity index (χ0n) is 7.83. The molecule has 2 heterocycles. The lowest BCUT2D eigenvalue weighted by molar-refractivity contribution is 0.0551. The molecular formula is C10H11BrO3. The predicted molar refractivity (Wildman–Crippen MR) is 54.3 cm³/mol. The fourth-order valence-corrected chi connectivity index (χ4v) is 1.92. The Morgan fingerprint density at radius 2 is 2.36 bits per heavy atom. The highest BCUT2D eigenvalue weighted by atomic mass is 79.9. The van der Waals surface area contributed by atoms with E-state index in [-0.39, 0.29) is 17.8 Å². The Kier molecular flexibility index (Phi) is 2.74. The number of hydrogen-bond donors (Lipinski definition) is 0. The largest absolute Gasteiger partial charge is 0.446 e. The van der Waals surface area contributed by atoms with Crippen LogP contribution in [0.3, 0.4) is 0 Å². The van der Waals surface area contributed by atoms with Crippen LogP contribution in [0.4, 0.5) is 0 Å². The zero-order chi connectivity index (χ0) is 10.1. The lowest BCUT2D eigenvalue weighted by Gasteiger charge is -2.10. The molecule has 1 aliphatic heterocycles. The van der Waals surface area contributed by atoms with Crippen molar-refractivity contribution < 1.29 is 13.9 Å². The van der Waals surface area contributed by atoms with Gasteiger partial charge in [-0.3, -0.25) is 4.79 Å². The molecule has 0 aromatic carbocycles. The highest BCUT2D eigenvalue weighted by molar-refractivity contribution is 9.10. The number of ether oxygens (including phenoxy) is 1. The summed E-state index contributed by atoms with van der Waals surface area (Å²) in [6.07, 6.45) is 0.617. The molecule has 1 aromatic rings. The van der Waals surface area contributed by atoms with Crippen molar-refractivity contribution >= 4 is 21.7 Å². The van der Waals surface area contributed by atoms with Gasteiger partial charge in [0.25, 0.3) is 0 Å². The summed E-state index contributed by atoms with van der Waals surface area (Å²) in [4.78, 5) is 11.8. The van der Waals surface area contributed by atoms with E-state index in [4.69, 9.17) is 9.15 Å². The highest BCUT2D eigenvalue weighted by Gasteiger charge is 2.33. The number of hydrogen-bond acceptors (Lipinski definition) is 3. The average Bonchev–Trinajstić information content (AvgIpc) is 2.73. The normalized spacial score (nSPS) is 26.7. The van der Waals surface area contributed by atoms with Crippen molar-refractivity contribution in [3.63, 3.8) is 0 Å². The number of carbonyl (C=O) groups excluding carboxylic acids is 1. The van der Waals surface area contributed by atoms with E-state index in [1.807, 2.05) is 6.92 Å². The Morgan fingerprint density at radius 1 is 1.57 bits per heavy atom. The van der Waals surface area contributed by atoms with Crippen molar-refractivity contribution in [2.24, 2.45) is 5.92 Å². The van der Waals surface area contributed by atoms with Crippen LogP contribution in [0.1, 0.15) is 23.9 Å². The van der Waals surface area contributed by atoms with Crippen LogP contribution in [-0.4, -0.2) is 18.5 Å². The Bertz CT molecular complexity index is 345. The Morgan fingerprint density at radius 3 is 2.86 bits per heavy atom. The molecule has 0 saturated carbocycles. The summed E-state index contributed by atoms with van der Waals surface area (Å²) in [6, 6.07) is 3.38. The minimum absolute atomic E-state index is 0.0549. The van der Waals surface area contributed by atoms with Gasteiger partial charge < -0.3 is 9.15 Å². The number of carbonyl (C=O) groups is 1. The van der Waals surface area contributed by atoms with Gasteiger partial charge in [-0.25, -0.2) is 0 Å². The van der Waals surface area contributed by atoms with E-state index in [0.717, 1.165) is 6.42 Å². The summed E-state index contributed by atoms with van der Waals surface area (Å²) in [5.74, 6) is 0.600. The average molecular weight is 259 g/mol. The Hall–Kier alpha value is -0.610. The van der Waals surface area contributed by atoms with E-state index < -0.39 is 0 Å². The molecule has 0 bridgehead atoms. The third-order valence-electron chi connectivity index (χ3n) is 2.46. The molecule has 1 aliphatic rings. The van der Waals surface area contributed by atoms with Crippen LogP contribution < -0.4 is 0 Å². The topological polar surface area (TPSA) is 39.4 Å². The summed E-state index contributed by atoms with van der Waals surface area (Å²) < 4.78 is 11.1. The lowest BCUT2D eigenvalue weighted by atomic mass is 9.99. The maximum atomic E-state index is 11.8. The summed E-state index contributed by atoms with van der Waals surface area (Å²) in [5.41, 5.74) is 0. The van der Waals surface area contributed by atoms with Crippen LogP contribution >= 0.6 is 15.9 Å². The first kappa shape index (κ1) is 9.93. The minimum atomic E-state index is -0.326. The first-order valence-corrected chi connectivity index (χ1v) is 5.39. The third-order valence-corrected chi connectivity index (χ3v) is 2.89. The number of furan rings is 1. The molecule has 2 unspecified atom stereocenters. The van der Waals surface area contributed by atoms with Crippen molar-refractivity contribution in [2.75, 3.05) is 6.61 Å². The number of halogens is 1. The van der Waals surface area contributed by atoms with E-state index in [9.17, 15) is 4.79 Å². The standard InChI is InChI=1S/C10H11BrO3/c1-6-4-5-13-10(6)9(12)7-2-3-8(11)14-7/h2-3,6,10H,4-5H2,1H3. The highest BCUT2D eigenvalue weighted by Crippen LogP contribution is 2.25. The molecular weight excluding hydrogens is 248 g/mol. The zero-order valence-corrected chi connectivity index (χ0v) is 9.41. The van der Waals surface area contributed by atoms with Gasteiger partial charge in [-0.15, -0.1) is 0 Å². The second-order valence-corrected chi connectivity index (χ2v) is 4.31. The smallest absolute Gasteiger partial charge is 0.226 e. The van der Waals surface area contributed by atoms with Gasteiger partial charge in [0.15, 0.2) is 10.4 Å². The van der Waals surface area contributed by atoms with E-state index in [1.165, 1.54) is 0 Å². The van der Waals surface area contributed by atoms with Gasteiger partial charge in [0.1, 0.15) is 6.10 Å². The van der Waals surface area contributed by atoms with Crippen LogP contribution in [-0.2, 0) is 4.74 Å². The molecule has 2 atom stereocenters. The van der Waals surface area contributed by atoms with Crippen LogP contribution in [0.25, 0.3) is 0 Å². The fourth-order valence-electron chi connectivity index (χ4n) is 1.62. The molecule has 0 amide bonds. The summed E-state index contributed by atoms with van der Waals surface area (Å²) in [6.45, 7) is 2.69. The van der Waals surface area contributed by atoms with Gasteiger partial charge in [0.2, 0.25) is 5.78 Å². The van der Waals surface area contributed by atoms with Crippen LogP contribution in [0.15, 0.2) is 21.2 Å². The van der Waals surface area contributed by atoms with Crippen LogP contribution in [0.2, 0.25) is 0 Å². The van der Waals surface area contributed by atoms with Crippen LogP contribution in [0, 0.1) is 5.92 Å². The summed E-state index contributed by atoms with van der Waals surface area (Å²) in [5, 5.41) is 0. The lowest BCUT2D eigenvalue weighted by Crippen LogP contribution is -2.24. The molecule has 1 fully saturated rings. The first-order valence-electron chi connectivity index (χ1n) is 4.59. The minimum Gasteiger partial charge on any atom is -0.446 e. The molecule has 1 aromatic heterocycles. The van der Waals surface area contributed by atoms with Crippen molar-refractivity contribution in [1.29, 1.82) is 0 Å². The maximum Gasteiger partial charge on any atom is 0.226 e. The number of Topliss-reactive ketones (excluding diaryl/α,β-unsaturated/α-hetero) is 1. The fraction of sp³-hybridized carbons (Fsp3) is 0.500. The second kappa shape index (κ2) is 3.87. The van der Waals surface area contributed by atoms with Gasteiger partial charge in [0, 0.05) is 6.61 Å². The second-order valence-electron chi connectivity index (χ2n) is 3.53. The Balaban J connectivity index is 2.15. The van der Waals surface area contributed by atoms with E-state index in [0.29, 0.717) is 17.0 Å². The molecule has 0 N–H and O–H groups in total. The molecule has 0 radical (unpaired) electrons. The van der Waals surface area contributed by atoms with Crippen LogP contribution in [0.5, 0.6) is 0 Å². The van der Waals surface area contributed by atoms with Gasteiger partial charge in [-0.05, 0) is 40.4 Å². The van der Waals surface area contributed by atoms with E-state index in [1.54, 1.807) is 12.1 Å². The van der Waals surface area contributed by atoms with Gasteiger partial charge in [-0.1, -0.05) is 6.92 Å². The summed E-state index contributed by atoms with van der Waals surface area (Å²) >= 11 is 3.16. The predicted octanol–water partition coefficient (Wildman–Crippen LogP) is 2.65. The summed E-state index contributed by atoms with van der Waals surface area (Å²) in [7, 11) is 0. The van der Waals surface area contributed by atoms with E-state index in [2.05, 4.69) is 15.9 Å². The van der Waals surface area contributed by atoms with Crippen molar-refractivity contribution in [1.82, 2.24) is 0 Å². The molecule has 0 spiro atoms. The molecule has 1 saturated heterocycles. The molecule has 76 valence electrons. The van der Waals surface area contributed by atoms with E-state index >= 15 is 0 Å². The molecule has 4 heteroatoms. The van der Waals surface area contributed by atoms with Crippen molar-refractivity contribution in [3.05, 3.63) is 22.6 Å². The van der Waals surface area contributed by atoms with Crippen molar-refractivity contribution in [2.45, 2.75) is 19.4 Å². The first-order chi connectivity index (χ1) is 6.68.